The van der Waals surface area contributed by atoms with Crippen LogP contribution in [0, 0.1) is 6.42 Å². The van der Waals surface area contributed by atoms with E-state index < -0.39 is 0 Å². The van der Waals surface area contributed by atoms with Crippen molar-refractivity contribution in [2.24, 2.45) is 0 Å². The quantitative estimate of drug-likeness (QED) is 0.580. The molecule has 2 aromatic rings. The molecular formula is C10H8N. The first-order valence-electron chi connectivity index (χ1n) is 3.88. The molecule has 0 saturated heterocycles. The Balaban J connectivity index is 2.53. The highest BCUT2D eigenvalue weighted by atomic mass is 14.7. The second kappa shape index (κ2) is 1.67. The largest absolute Gasteiger partial charge is 0.358 e. The molecule has 1 aliphatic rings. The molecule has 1 aliphatic carbocycles. The molecule has 0 amide bonds. The van der Waals surface area contributed by atoms with E-state index >= 15 is 0 Å². The van der Waals surface area contributed by atoms with E-state index in [1.807, 2.05) is 0 Å². The Bertz CT molecular complexity index is 412. The molecule has 1 nitrogen and oxygen atoms in total. The van der Waals surface area contributed by atoms with Crippen molar-refractivity contribution in [1.82, 2.24) is 4.98 Å². The molecule has 0 unspecified atom stereocenters. The second-order valence-corrected chi connectivity index (χ2v) is 2.97. The normalized spacial score (nSPS) is 14.5. The van der Waals surface area contributed by atoms with Crippen molar-refractivity contribution in [2.75, 3.05) is 0 Å². The Morgan fingerprint density at radius 2 is 2.09 bits per heavy atom. The summed E-state index contributed by atoms with van der Waals surface area (Å²) >= 11 is 0. The summed E-state index contributed by atoms with van der Waals surface area (Å²) in [6.45, 7) is 0. The summed E-state index contributed by atoms with van der Waals surface area (Å²) in [6.07, 6.45) is 3.37. The lowest BCUT2D eigenvalue weighted by Crippen LogP contribution is -2.02. The maximum Gasteiger partial charge on any atom is 0.0459 e. The summed E-state index contributed by atoms with van der Waals surface area (Å²) in [5, 5.41) is 1.39. The number of rotatable bonds is 0. The summed E-state index contributed by atoms with van der Waals surface area (Å²) in [7, 11) is 0. The van der Waals surface area contributed by atoms with Gasteiger partial charge in [0.05, 0.1) is 0 Å². The average Bonchev–Trinajstić information content (AvgIpc) is 2.23. The van der Waals surface area contributed by atoms with Crippen LogP contribution in [0.4, 0.5) is 0 Å². The zero-order valence-corrected chi connectivity index (χ0v) is 6.09. The van der Waals surface area contributed by atoms with Crippen molar-refractivity contribution in [3.05, 3.63) is 41.9 Å². The first kappa shape index (κ1) is 5.42. The number of hydrogen-bond acceptors (Lipinski definition) is 0. The Kier molecular flexibility index (Phi) is 0.823. The van der Waals surface area contributed by atoms with E-state index in [0.29, 0.717) is 0 Å². The predicted octanol–water partition coefficient (Wildman–Crippen LogP) is 2.28. The first-order valence-corrected chi connectivity index (χ1v) is 3.88. The number of H-pyrrole nitrogens is 1. The van der Waals surface area contributed by atoms with E-state index in [2.05, 4.69) is 35.7 Å². The Labute approximate surface area is 65.0 Å². The third-order valence-electron chi connectivity index (χ3n) is 2.36. The van der Waals surface area contributed by atoms with Crippen LogP contribution in [0.15, 0.2) is 24.3 Å². The summed E-state index contributed by atoms with van der Waals surface area (Å²) in [6, 6.07) is 8.46. The fourth-order valence-electron chi connectivity index (χ4n) is 1.69. The lowest BCUT2D eigenvalue weighted by Gasteiger charge is -2.11. The van der Waals surface area contributed by atoms with Crippen molar-refractivity contribution in [2.45, 2.75) is 6.42 Å². The molecule has 1 aromatic carbocycles. The van der Waals surface area contributed by atoms with Gasteiger partial charge in [0, 0.05) is 23.0 Å². The van der Waals surface area contributed by atoms with Crippen molar-refractivity contribution in [1.29, 1.82) is 0 Å². The third-order valence-corrected chi connectivity index (χ3v) is 2.36. The lowest BCUT2D eigenvalue weighted by atomic mass is 9.94. The Hall–Kier alpha value is -1.24. The molecule has 53 valence electrons. The summed E-state index contributed by atoms with van der Waals surface area (Å²) in [5.74, 6) is 0. The van der Waals surface area contributed by atoms with Crippen molar-refractivity contribution >= 4 is 10.9 Å². The van der Waals surface area contributed by atoms with Crippen molar-refractivity contribution < 1.29 is 0 Å². The van der Waals surface area contributed by atoms with Gasteiger partial charge in [-0.25, -0.2) is 0 Å². The molecule has 3 rings (SSSR count). The number of para-hydroxylation sites is 1. The molecule has 0 saturated carbocycles. The average molecular weight is 142 g/mol. The van der Waals surface area contributed by atoms with Gasteiger partial charge >= 0.3 is 0 Å². The minimum absolute atomic E-state index is 1.14. The zero-order chi connectivity index (χ0) is 7.26. The molecule has 1 N–H and O–H groups in total. The lowest BCUT2D eigenvalue weighted by molar-refractivity contribution is 1.02. The van der Waals surface area contributed by atoms with Crippen LogP contribution in [0.5, 0.6) is 0 Å². The highest BCUT2D eigenvalue weighted by molar-refractivity contribution is 5.87. The number of fused-ring (bicyclic) bond motifs is 3. The fraction of sp³-hybridized carbons (Fsp3) is 0.100. The van der Waals surface area contributed by atoms with Gasteiger partial charge in [0.2, 0.25) is 0 Å². The van der Waals surface area contributed by atoms with Crippen LogP contribution in [0.2, 0.25) is 0 Å². The Morgan fingerprint density at radius 1 is 1.18 bits per heavy atom. The number of aromatic amines is 1. The van der Waals surface area contributed by atoms with Crippen LogP contribution < -0.4 is 0 Å². The second-order valence-electron chi connectivity index (χ2n) is 2.97. The first-order chi connectivity index (χ1) is 5.45. The summed E-state index contributed by atoms with van der Waals surface area (Å²) in [4.78, 5) is 3.36. The van der Waals surface area contributed by atoms with E-state index in [1.54, 1.807) is 0 Å². The van der Waals surface area contributed by atoms with Gasteiger partial charge in [-0.15, -0.1) is 0 Å². The number of benzene rings is 1. The van der Waals surface area contributed by atoms with E-state index in [0.717, 1.165) is 6.42 Å². The van der Waals surface area contributed by atoms with Gasteiger partial charge in [0.15, 0.2) is 0 Å². The van der Waals surface area contributed by atoms with Gasteiger partial charge in [-0.3, -0.25) is 0 Å². The molecule has 0 fully saturated rings. The molecule has 1 heterocycles. The molecule has 11 heavy (non-hydrogen) atoms. The molecule has 0 spiro atoms. The van der Waals surface area contributed by atoms with Crippen LogP contribution in [-0.2, 0) is 6.42 Å². The zero-order valence-electron chi connectivity index (χ0n) is 6.09. The van der Waals surface area contributed by atoms with E-state index in [9.17, 15) is 0 Å². The van der Waals surface area contributed by atoms with E-state index in [4.69, 9.17) is 0 Å². The summed E-state index contributed by atoms with van der Waals surface area (Å²) < 4.78 is 0. The predicted molar refractivity (Wildman–Crippen MR) is 45.4 cm³/mol. The van der Waals surface area contributed by atoms with Crippen LogP contribution in [0.25, 0.3) is 10.9 Å². The monoisotopic (exact) mass is 142 g/mol. The van der Waals surface area contributed by atoms with Crippen molar-refractivity contribution in [3.63, 3.8) is 0 Å². The summed E-state index contributed by atoms with van der Waals surface area (Å²) in [5.41, 5.74) is 4.08. The van der Waals surface area contributed by atoms with Crippen LogP contribution >= 0.6 is 0 Å². The van der Waals surface area contributed by atoms with Gasteiger partial charge in [-0.1, -0.05) is 18.2 Å². The van der Waals surface area contributed by atoms with Crippen LogP contribution in [0.3, 0.4) is 0 Å². The maximum absolute atomic E-state index is 3.36. The molecular weight excluding hydrogens is 134 g/mol. The van der Waals surface area contributed by atoms with Crippen LogP contribution in [0.1, 0.15) is 11.3 Å². The van der Waals surface area contributed by atoms with Crippen molar-refractivity contribution in [3.8, 4) is 0 Å². The van der Waals surface area contributed by atoms with Gasteiger partial charge in [0.1, 0.15) is 0 Å². The number of aromatic nitrogens is 1. The van der Waals surface area contributed by atoms with Gasteiger partial charge in [-0.2, -0.15) is 0 Å². The Morgan fingerprint density at radius 3 is 2.91 bits per heavy atom. The van der Waals surface area contributed by atoms with E-state index in [1.165, 1.54) is 22.2 Å². The molecule has 1 aromatic heterocycles. The van der Waals surface area contributed by atoms with Gasteiger partial charge < -0.3 is 4.98 Å². The van der Waals surface area contributed by atoms with Crippen LogP contribution in [-0.4, -0.2) is 4.98 Å². The smallest absolute Gasteiger partial charge is 0.0459 e. The standard InChI is InChI=1S/C10H8N/c1-2-4-9-7(3-1)8-5-6-10(8)11-9/h1-4,6,11H,5H2. The number of hydrogen-bond donors (Lipinski definition) is 1. The van der Waals surface area contributed by atoms with E-state index in [-0.39, 0.29) is 0 Å². The highest BCUT2D eigenvalue weighted by Crippen LogP contribution is 2.31. The SMILES string of the molecule is [CH]1Cc2c1[nH]c1ccccc21. The third kappa shape index (κ3) is 0.559. The van der Waals surface area contributed by atoms with Gasteiger partial charge in [-0.05, 0) is 18.1 Å². The maximum atomic E-state index is 3.36. The van der Waals surface area contributed by atoms with Gasteiger partial charge in [0.25, 0.3) is 0 Å². The molecule has 0 atom stereocenters. The molecule has 0 aliphatic heterocycles. The molecule has 1 radical (unpaired) electrons. The minimum Gasteiger partial charge on any atom is -0.358 e. The minimum atomic E-state index is 1.14. The molecule has 1 heteroatoms. The number of nitrogens with one attached hydrogen (secondary N) is 1. The molecule has 0 bridgehead atoms. The topological polar surface area (TPSA) is 15.8 Å². The fourth-order valence-corrected chi connectivity index (χ4v) is 1.69. The highest BCUT2D eigenvalue weighted by Gasteiger charge is 2.18.